The Bertz CT molecular complexity index is 661. The Kier molecular flexibility index (Phi) is 5.31. The normalized spacial score (nSPS) is 25.5. The fourth-order valence-corrected chi connectivity index (χ4v) is 4.74. The Morgan fingerprint density at radius 3 is 2.16 bits per heavy atom. The van der Waals surface area contributed by atoms with E-state index in [9.17, 15) is 5.11 Å². The SMILES string of the molecule is C[N+](C)(C)[C@@H](c1ccccc1)[C@@H]1CCCC[C@]1(O)Cc1ccccc1. The Morgan fingerprint density at radius 2 is 1.56 bits per heavy atom. The molecule has 2 aromatic rings. The molecule has 0 aromatic heterocycles. The van der Waals surface area contributed by atoms with Crippen LogP contribution in [0.2, 0.25) is 0 Å². The number of benzene rings is 2. The standard InChI is InChI=1S/C23H32NO/c1-24(2,3)22(20-14-8-5-9-15-20)21-16-10-11-17-23(21,25)18-19-12-6-4-7-13-19/h4-9,12-15,21-22,25H,10-11,16-18H2,1-3H3/q+1/t21-,22-,23-/m0/s1. The first-order valence-corrected chi connectivity index (χ1v) is 9.52. The maximum atomic E-state index is 11.8. The maximum absolute atomic E-state index is 11.8. The van der Waals surface area contributed by atoms with Crippen molar-refractivity contribution < 1.29 is 9.59 Å². The summed E-state index contributed by atoms with van der Waals surface area (Å²) in [5.74, 6) is 0.267. The van der Waals surface area contributed by atoms with Gasteiger partial charge in [0.05, 0.1) is 26.7 Å². The van der Waals surface area contributed by atoms with Crippen molar-refractivity contribution in [2.45, 2.75) is 43.7 Å². The van der Waals surface area contributed by atoms with Gasteiger partial charge in [-0.05, 0) is 18.4 Å². The topological polar surface area (TPSA) is 20.2 Å². The predicted octanol–water partition coefficient (Wildman–Crippen LogP) is 4.60. The lowest BCUT2D eigenvalue weighted by atomic mass is 9.67. The molecule has 2 heteroatoms. The molecule has 3 rings (SSSR count). The number of quaternary nitrogens is 1. The van der Waals surface area contributed by atoms with Crippen LogP contribution < -0.4 is 0 Å². The average molecular weight is 339 g/mol. The average Bonchev–Trinajstić information content (AvgIpc) is 2.57. The van der Waals surface area contributed by atoms with Gasteiger partial charge in [-0.1, -0.05) is 73.5 Å². The van der Waals surface area contributed by atoms with Crippen LogP contribution in [0.4, 0.5) is 0 Å². The summed E-state index contributed by atoms with van der Waals surface area (Å²) in [6, 6.07) is 21.6. The minimum absolute atomic E-state index is 0.267. The van der Waals surface area contributed by atoms with Crippen molar-refractivity contribution in [3.8, 4) is 0 Å². The minimum Gasteiger partial charge on any atom is -0.389 e. The zero-order valence-electron chi connectivity index (χ0n) is 15.9. The Balaban J connectivity index is 1.97. The molecule has 0 aliphatic heterocycles. The summed E-state index contributed by atoms with van der Waals surface area (Å²) in [4.78, 5) is 0. The molecule has 0 radical (unpaired) electrons. The molecule has 1 aliphatic carbocycles. The first-order chi connectivity index (χ1) is 11.9. The number of aliphatic hydroxyl groups is 1. The van der Waals surface area contributed by atoms with E-state index >= 15 is 0 Å². The summed E-state index contributed by atoms with van der Waals surface area (Å²) >= 11 is 0. The van der Waals surface area contributed by atoms with Gasteiger partial charge in [-0.2, -0.15) is 0 Å². The smallest absolute Gasteiger partial charge is 0.120 e. The van der Waals surface area contributed by atoms with Crippen LogP contribution in [-0.2, 0) is 6.42 Å². The second kappa shape index (κ2) is 7.31. The third kappa shape index (κ3) is 4.13. The van der Waals surface area contributed by atoms with Gasteiger partial charge < -0.3 is 9.59 Å². The van der Waals surface area contributed by atoms with Crippen LogP contribution in [0.25, 0.3) is 0 Å². The number of hydrogen-bond acceptors (Lipinski definition) is 1. The number of rotatable bonds is 5. The quantitative estimate of drug-likeness (QED) is 0.790. The van der Waals surface area contributed by atoms with Gasteiger partial charge in [0.15, 0.2) is 0 Å². The van der Waals surface area contributed by atoms with Gasteiger partial charge in [0.1, 0.15) is 6.04 Å². The van der Waals surface area contributed by atoms with E-state index in [-0.39, 0.29) is 5.92 Å². The lowest BCUT2D eigenvalue weighted by Gasteiger charge is -2.48. The lowest BCUT2D eigenvalue weighted by molar-refractivity contribution is -0.908. The van der Waals surface area contributed by atoms with E-state index in [1.807, 2.05) is 6.07 Å². The molecule has 25 heavy (non-hydrogen) atoms. The van der Waals surface area contributed by atoms with E-state index in [0.29, 0.717) is 6.04 Å². The second-order valence-corrected chi connectivity index (χ2v) is 8.59. The molecule has 1 aliphatic rings. The number of hydrogen-bond donors (Lipinski definition) is 1. The molecule has 1 fully saturated rings. The molecule has 0 heterocycles. The molecule has 0 spiro atoms. The van der Waals surface area contributed by atoms with E-state index in [2.05, 4.69) is 75.7 Å². The molecular formula is C23H32NO+. The summed E-state index contributed by atoms with van der Waals surface area (Å²) < 4.78 is 0.839. The van der Waals surface area contributed by atoms with Crippen molar-refractivity contribution in [2.24, 2.45) is 5.92 Å². The molecule has 1 N–H and O–H groups in total. The summed E-state index contributed by atoms with van der Waals surface area (Å²) in [7, 11) is 6.78. The van der Waals surface area contributed by atoms with Gasteiger partial charge in [-0.3, -0.25) is 0 Å². The highest BCUT2D eigenvalue weighted by atomic mass is 16.3. The van der Waals surface area contributed by atoms with Crippen LogP contribution in [-0.4, -0.2) is 36.3 Å². The van der Waals surface area contributed by atoms with Crippen molar-refractivity contribution >= 4 is 0 Å². The number of nitrogens with zero attached hydrogens (tertiary/aromatic N) is 1. The summed E-state index contributed by atoms with van der Waals surface area (Å²) in [5, 5.41) is 11.8. The summed E-state index contributed by atoms with van der Waals surface area (Å²) in [5.41, 5.74) is 1.95. The van der Waals surface area contributed by atoms with E-state index in [1.165, 1.54) is 17.5 Å². The van der Waals surface area contributed by atoms with Gasteiger partial charge in [0.2, 0.25) is 0 Å². The molecule has 0 bridgehead atoms. The molecule has 0 unspecified atom stereocenters. The summed E-state index contributed by atoms with van der Waals surface area (Å²) in [6.45, 7) is 0. The van der Waals surface area contributed by atoms with Crippen LogP contribution in [0, 0.1) is 5.92 Å². The molecule has 134 valence electrons. The van der Waals surface area contributed by atoms with Gasteiger partial charge >= 0.3 is 0 Å². The van der Waals surface area contributed by atoms with Crippen molar-refractivity contribution in [3.05, 3.63) is 71.8 Å². The van der Waals surface area contributed by atoms with Crippen LogP contribution >= 0.6 is 0 Å². The molecule has 1 saturated carbocycles. The summed E-state index contributed by atoms with van der Waals surface area (Å²) in [6.07, 6.45) is 5.08. The van der Waals surface area contributed by atoms with Crippen molar-refractivity contribution in [1.29, 1.82) is 0 Å². The highest BCUT2D eigenvalue weighted by Gasteiger charge is 2.48. The maximum Gasteiger partial charge on any atom is 0.120 e. The first-order valence-electron chi connectivity index (χ1n) is 9.52. The molecule has 0 saturated heterocycles. The Labute approximate surface area is 152 Å². The molecule has 2 aromatic carbocycles. The lowest BCUT2D eigenvalue weighted by Crippen LogP contribution is -2.53. The van der Waals surface area contributed by atoms with E-state index < -0.39 is 5.60 Å². The third-order valence-corrected chi connectivity index (χ3v) is 5.77. The minimum atomic E-state index is -0.633. The van der Waals surface area contributed by atoms with Gasteiger partial charge in [0.25, 0.3) is 0 Å². The zero-order chi connectivity index (χ0) is 17.9. The fourth-order valence-electron chi connectivity index (χ4n) is 4.74. The van der Waals surface area contributed by atoms with E-state index in [0.717, 1.165) is 30.2 Å². The predicted molar refractivity (Wildman–Crippen MR) is 104 cm³/mol. The molecule has 0 amide bonds. The van der Waals surface area contributed by atoms with Crippen LogP contribution in [0.15, 0.2) is 60.7 Å². The zero-order valence-corrected chi connectivity index (χ0v) is 15.9. The molecule has 2 nitrogen and oxygen atoms in total. The molecular weight excluding hydrogens is 306 g/mol. The van der Waals surface area contributed by atoms with Crippen LogP contribution in [0.3, 0.4) is 0 Å². The van der Waals surface area contributed by atoms with Gasteiger partial charge in [-0.25, -0.2) is 0 Å². The Morgan fingerprint density at radius 1 is 0.960 bits per heavy atom. The highest BCUT2D eigenvalue weighted by Crippen LogP contribution is 2.46. The Hall–Kier alpha value is -1.64. The second-order valence-electron chi connectivity index (χ2n) is 8.59. The fraction of sp³-hybridized carbons (Fsp3) is 0.478. The van der Waals surface area contributed by atoms with Crippen molar-refractivity contribution in [3.63, 3.8) is 0 Å². The van der Waals surface area contributed by atoms with Crippen LogP contribution in [0.5, 0.6) is 0 Å². The van der Waals surface area contributed by atoms with Gasteiger partial charge in [-0.15, -0.1) is 0 Å². The highest BCUT2D eigenvalue weighted by molar-refractivity contribution is 5.22. The first kappa shape index (κ1) is 18.2. The third-order valence-electron chi connectivity index (χ3n) is 5.77. The monoisotopic (exact) mass is 338 g/mol. The van der Waals surface area contributed by atoms with Crippen molar-refractivity contribution in [2.75, 3.05) is 21.1 Å². The largest absolute Gasteiger partial charge is 0.389 e. The van der Waals surface area contributed by atoms with E-state index in [4.69, 9.17) is 0 Å². The van der Waals surface area contributed by atoms with E-state index in [1.54, 1.807) is 0 Å². The molecule has 3 atom stereocenters. The van der Waals surface area contributed by atoms with Gasteiger partial charge in [0, 0.05) is 17.9 Å². The van der Waals surface area contributed by atoms with Crippen molar-refractivity contribution in [1.82, 2.24) is 0 Å². The van der Waals surface area contributed by atoms with Crippen LogP contribution in [0.1, 0.15) is 42.9 Å².